The Kier molecular flexibility index (Phi) is 0.918. The van der Waals surface area contributed by atoms with Crippen molar-refractivity contribution in [3.63, 3.8) is 0 Å². The van der Waals surface area contributed by atoms with Gasteiger partial charge in [0.15, 0.2) is 0 Å². The summed E-state index contributed by atoms with van der Waals surface area (Å²) in [6.07, 6.45) is 7.03. The van der Waals surface area contributed by atoms with Gasteiger partial charge < -0.3 is 4.98 Å². The van der Waals surface area contributed by atoms with E-state index in [1.54, 1.807) is 0 Å². The maximum atomic E-state index is 4.15. The number of aromatic nitrogens is 1. The molecule has 0 aromatic carbocycles. The number of hydrogen-bond donors (Lipinski definition) is 1. The van der Waals surface area contributed by atoms with Crippen LogP contribution in [0.25, 0.3) is 0 Å². The standard InChI is InChI=1S/C7H8N2/c1-2-8-4-7-5-9-3-6(1)7/h2-3,5,9H,1,4H2. The second-order valence-electron chi connectivity index (χ2n) is 2.23. The minimum absolute atomic E-state index is 0.860. The van der Waals surface area contributed by atoms with Gasteiger partial charge in [0.05, 0.1) is 6.54 Å². The van der Waals surface area contributed by atoms with E-state index in [-0.39, 0.29) is 0 Å². The van der Waals surface area contributed by atoms with Gasteiger partial charge in [0.25, 0.3) is 0 Å². The van der Waals surface area contributed by atoms with Gasteiger partial charge in [0.1, 0.15) is 0 Å². The van der Waals surface area contributed by atoms with E-state index >= 15 is 0 Å². The number of H-pyrrole nitrogens is 1. The number of hydrogen-bond acceptors (Lipinski definition) is 1. The van der Waals surface area contributed by atoms with Crippen LogP contribution in [0.2, 0.25) is 0 Å². The van der Waals surface area contributed by atoms with Crippen LogP contribution in [0.1, 0.15) is 11.1 Å². The van der Waals surface area contributed by atoms with Gasteiger partial charge in [-0.25, -0.2) is 0 Å². The molecule has 1 N–H and O–H groups in total. The lowest BCUT2D eigenvalue weighted by Gasteiger charge is -2.01. The van der Waals surface area contributed by atoms with Crippen LogP contribution >= 0.6 is 0 Å². The highest BCUT2D eigenvalue weighted by molar-refractivity contribution is 5.64. The molecule has 2 nitrogen and oxygen atoms in total. The molecular weight excluding hydrogens is 112 g/mol. The van der Waals surface area contributed by atoms with Crippen molar-refractivity contribution in [1.82, 2.24) is 4.98 Å². The van der Waals surface area contributed by atoms with Gasteiger partial charge >= 0.3 is 0 Å². The fraction of sp³-hybridized carbons (Fsp3) is 0.286. The second kappa shape index (κ2) is 1.72. The zero-order chi connectivity index (χ0) is 6.10. The predicted molar refractivity (Wildman–Crippen MR) is 36.7 cm³/mol. The van der Waals surface area contributed by atoms with E-state index in [0.717, 1.165) is 13.0 Å². The number of aliphatic imine (C=N–C) groups is 1. The van der Waals surface area contributed by atoms with Gasteiger partial charge in [0.2, 0.25) is 0 Å². The van der Waals surface area contributed by atoms with E-state index in [1.807, 2.05) is 18.6 Å². The van der Waals surface area contributed by atoms with Gasteiger partial charge in [-0.2, -0.15) is 0 Å². The highest BCUT2D eigenvalue weighted by atomic mass is 14.7. The van der Waals surface area contributed by atoms with Gasteiger partial charge in [0, 0.05) is 25.0 Å². The molecule has 0 aliphatic carbocycles. The van der Waals surface area contributed by atoms with Gasteiger partial charge in [-0.3, -0.25) is 4.99 Å². The smallest absolute Gasteiger partial charge is 0.0653 e. The first kappa shape index (κ1) is 4.79. The first-order chi connectivity index (χ1) is 4.47. The van der Waals surface area contributed by atoms with Crippen LogP contribution in [0.15, 0.2) is 17.4 Å². The molecule has 0 radical (unpaired) electrons. The molecule has 9 heavy (non-hydrogen) atoms. The molecule has 0 bridgehead atoms. The third-order valence-electron chi connectivity index (χ3n) is 1.63. The zero-order valence-corrected chi connectivity index (χ0v) is 5.09. The highest BCUT2D eigenvalue weighted by Gasteiger charge is 2.03. The summed E-state index contributed by atoms with van der Waals surface area (Å²) in [5.41, 5.74) is 2.74. The third-order valence-corrected chi connectivity index (χ3v) is 1.63. The lowest BCUT2D eigenvalue weighted by Crippen LogP contribution is -1.95. The summed E-state index contributed by atoms with van der Waals surface area (Å²) in [6, 6.07) is 0. The fourth-order valence-electron chi connectivity index (χ4n) is 1.09. The summed E-state index contributed by atoms with van der Waals surface area (Å²) in [5, 5.41) is 0. The van der Waals surface area contributed by atoms with E-state index < -0.39 is 0 Å². The predicted octanol–water partition coefficient (Wildman–Crippen LogP) is 1.14. The average molecular weight is 120 g/mol. The van der Waals surface area contributed by atoms with Crippen LogP contribution in [-0.2, 0) is 13.0 Å². The molecule has 1 aliphatic heterocycles. The Morgan fingerprint density at radius 2 is 2.22 bits per heavy atom. The number of fused-ring (bicyclic) bond motifs is 1. The topological polar surface area (TPSA) is 28.1 Å². The summed E-state index contributed by atoms with van der Waals surface area (Å²) >= 11 is 0. The molecule has 0 spiro atoms. The monoisotopic (exact) mass is 120 g/mol. The van der Waals surface area contributed by atoms with E-state index in [4.69, 9.17) is 0 Å². The molecule has 2 heteroatoms. The van der Waals surface area contributed by atoms with Gasteiger partial charge in [-0.15, -0.1) is 0 Å². The Bertz CT molecular complexity index is 212. The maximum absolute atomic E-state index is 4.15. The molecule has 0 atom stereocenters. The first-order valence-corrected chi connectivity index (χ1v) is 3.09. The van der Waals surface area contributed by atoms with Crippen LogP contribution in [0.4, 0.5) is 0 Å². The van der Waals surface area contributed by atoms with Crippen molar-refractivity contribution in [1.29, 1.82) is 0 Å². The van der Waals surface area contributed by atoms with Crippen LogP contribution in [0.3, 0.4) is 0 Å². The first-order valence-electron chi connectivity index (χ1n) is 3.09. The van der Waals surface area contributed by atoms with E-state index in [9.17, 15) is 0 Å². The minimum Gasteiger partial charge on any atom is -0.367 e. The van der Waals surface area contributed by atoms with Crippen LogP contribution in [0.5, 0.6) is 0 Å². The lowest BCUT2D eigenvalue weighted by atomic mass is 10.1. The van der Waals surface area contributed by atoms with Crippen molar-refractivity contribution in [3.8, 4) is 0 Å². The summed E-state index contributed by atoms with van der Waals surface area (Å²) in [6.45, 7) is 0.860. The van der Waals surface area contributed by atoms with E-state index in [2.05, 4.69) is 9.98 Å². The Morgan fingerprint density at radius 3 is 3.11 bits per heavy atom. The number of nitrogens with one attached hydrogen (secondary N) is 1. The van der Waals surface area contributed by atoms with Crippen molar-refractivity contribution >= 4 is 6.21 Å². The summed E-state index contributed by atoms with van der Waals surface area (Å²) in [5.74, 6) is 0. The summed E-state index contributed by atoms with van der Waals surface area (Å²) in [7, 11) is 0. The molecule has 0 saturated heterocycles. The quantitative estimate of drug-likeness (QED) is 0.532. The highest BCUT2D eigenvalue weighted by Crippen LogP contribution is 2.12. The van der Waals surface area contributed by atoms with E-state index in [1.165, 1.54) is 11.1 Å². The van der Waals surface area contributed by atoms with Crippen molar-refractivity contribution in [3.05, 3.63) is 23.5 Å². The maximum Gasteiger partial charge on any atom is 0.0653 e. The molecule has 0 fully saturated rings. The van der Waals surface area contributed by atoms with Crippen LogP contribution in [0, 0.1) is 0 Å². The fourth-order valence-corrected chi connectivity index (χ4v) is 1.09. The molecule has 1 aromatic heterocycles. The van der Waals surface area contributed by atoms with Crippen molar-refractivity contribution in [2.45, 2.75) is 13.0 Å². The van der Waals surface area contributed by atoms with Crippen LogP contribution in [-0.4, -0.2) is 11.2 Å². The summed E-state index contributed by atoms with van der Waals surface area (Å²) < 4.78 is 0. The number of rotatable bonds is 0. The van der Waals surface area contributed by atoms with Gasteiger partial charge in [-0.1, -0.05) is 0 Å². The largest absolute Gasteiger partial charge is 0.367 e. The minimum atomic E-state index is 0.860. The molecule has 1 aromatic rings. The normalized spacial score (nSPS) is 15.6. The third kappa shape index (κ3) is 0.669. The molecule has 46 valence electrons. The molecular formula is C7H8N2. The Labute approximate surface area is 53.6 Å². The molecule has 0 unspecified atom stereocenters. The summed E-state index contributed by atoms with van der Waals surface area (Å²) in [4.78, 5) is 7.21. The van der Waals surface area contributed by atoms with E-state index in [0.29, 0.717) is 0 Å². The second-order valence-corrected chi connectivity index (χ2v) is 2.23. The molecule has 1 aliphatic rings. The zero-order valence-electron chi connectivity index (χ0n) is 5.09. The number of aromatic amines is 1. The Hall–Kier alpha value is -1.05. The molecule has 2 heterocycles. The lowest BCUT2D eigenvalue weighted by molar-refractivity contribution is 1.02. The van der Waals surface area contributed by atoms with Crippen molar-refractivity contribution < 1.29 is 0 Å². The van der Waals surface area contributed by atoms with Gasteiger partial charge in [-0.05, 0) is 11.1 Å². The SMILES string of the molecule is C1=NCc2c[nH]cc2C1. The van der Waals surface area contributed by atoms with Crippen molar-refractivity contribution in [2.75, 3.05) is 0 Å². The molecule has 0 amide bonds. The van der Waals surface area contributed by atoms with Crippen molar-refractivity contribution in [2.24, 2.45) is 4.99 Å². The molecule has 0 saturated carbocycles. The van der Waals surface area contributed by atoms with Crippen LogP contribution < -0.4 is 0 Å². The Balaban J connectivity index is 2.46. The molecule has 2 rings (SSSR count). The average Bonchev–Trinajstić information content (AvgIpc) is 2.33. The number of nitrogens with zero attached hydrogens (tertiary/aromatic N) is 1. The Morgan fingerprint density at radius 1 is 1.33 bits per heavy atom.